The molecule has 142 valence electrons. The van der Waals surface area contributed by atoms with Gasteiger partial charge in [0.05, 0.1) is 0 Å². The van der Waals surface area contributed by atoms with Crippen LogP contribution in [0.2, 0.25) is 0 Å². The third kappa shape index (κ3) is 3.24. The first-order chi connectivity index (χ1) is 13.4. The fourth-order valence-electron chi connectivity index (χ4n) is 3.17. The summed E-state index contributed by atoms with van der Waals surface area (Å²) in [6.45, 7) is 2.93. The Morgan fingerprint density at radius 1 is 0.929 bits per heavy atom. The number of allylic oxidation sites excluding steroid dienone is 1. The van der Waals surface area contributed by atoms with Crippen molar-refractivity contribution in [2.45, 2.75) is 20.3 Å². The molecule has 28 heavy (non-hydrogen) atoms. The van der Waals surface area contributed by atoms with Gasteiger partial charge in [0, 0.05) is 17.2 Å². The average Bonchev–Trinajstić information content (AvgIpc) is 3.06. The van der Waals surface area contributed by atoms with Crippen LogP contribution in [0.3, 0.4) is 0 Å². The first-order valence-electron chi connectivity index (χ1n) is 8.80. The highest BCUT2D eigenvalue weighted by Gasteiger charge is 2.18. The predicted molar refractivity (Wildman–Crippen MR) is 103 cm³/mol. The summed E-state index contributed by atoms with van der Waals surface area (Å²) in [7, 11) is 0. The molecule has 0 spiro atoms. The molecule has 0 N–H and O–H groups in total. The van der Waals surface area contributed by atoms with E-state index < -0.39 is 17.5 Å². The minimum Gasteiger partial charge on any atom is -0.462 e. The van der Waals surface area contributed by atoms with Crippen LogP contribution < -0.4 is 4.74 Å². The van der Waals surface area contributed by atoms with Gasteiger partial charge in [-0.2, -0.15) is 0 Å². The van der Waals surface area contributed by atoms with Crippen molar-refractivity contribution < 1.29 is 22.3 Å². The monoisotopic (exact) mass is 382 g/mol. The normalized spacial score (nSPS) is 12.1. The number of furan rings is 1. The van der Waals surface area contributed by atoms with E-state index in [4.69, 9.17) is 9.15 Å². The van der Waals surface area contributed by atoms with Gasteiger partial charge in [0.25, 0.3) is 0 Å². The van der Waals surface area contributed by atoms with Gasteiger partial charge in [-0.25, -0.2) is 13.2 Å². The Kier molecular flexibility index (Phi) is 4.59. The third-order valence-electron chi connectivity index (χ3n) is 4.64. The molecule has 0 saturated heterocycles. The van der Waals surface area contributed by atoms with Crippen molar-refractivity contribution >= 4 is 21.9 Å². The van der Waals surface area contributed by atoms with E-state index >= 15 is 4.39 Å². The lowest BCUT2D eigenvalue weighted by Gasteiger charge is -2.06. The van der Waals surface area contributed by atoms with E-state index in [1.807, 2.05) is 0 Å². The predicted octanol–water partition coefficient (Wildman–Crippen LogP) is 6.97. The van der Waals surface area contributed by atoms with Crippen LogP contribution in [0.15, 0.2) is 65.0 Å². The van der Waals surface area contributed by atoms with Gasteiger partial charge in [-0.1, -0.05) is 30.3 Å². The largest absolute Gasteiger partial charge is 0.462 e. The van der Waals surface area contributed by atoms with Crippen LogP contribution in [-0.2, 0) is 6.42 Å². The molecular weight excluding hydrogens is 365 g/mol. The van der Waals surface area contributed by atoms with Crippen LogP contribution >= 0.6 is 0 Å². The molecule has 4 aromatic rings. The van der Waals surface area contributed by atoms with Crippen molar-refractivity contribution in [1.29, 1.82) is 0 Å². The maximum absolute atomic E-state index is 15.0. The van der Waals surface area contributed by atoms with E-state index in [9.17, 15) is 8.78 Å². The van der Waals surface area contributed by atoms with Crippen LogP contribution in [0.4, 0.5) is 13.2 Å². The molecule has 0 amide bonds. The molecule has 0 saturated carbocycles. The molecule has 0 aliphatic rings. The van der Waals surface area contributed by atoms with E-state index in [1.54, 1.807) is 55.5 Å². The summed E-state index contributed by atoms with van der Waals surface area (Å²) in [5.41, 5.74) is 1.87. The van der Waals surface area contributed by atoms with Gasteiger partial charge in [-0.15, -0.1) is 0 Å². The SMILES string of the molecule is C/C(F)=C/Oc1ccc(Cc2ccc3c(oc4c(F)c(C)ccc43)c2F)cc1. The Hall–Kier alpha value is -3.21. The van der Waals surface area contributed by atoms with Gasteiger partial charge in [0.2, 0.25) is 0 Å². The van der Waals surface area contributed by atoms with Crippen LogP contribution in [0, 0.1) is 18.6 Å². The number of benzene rings is 3. The highest BCUT2D eigenvalue weighted by molar-refractivity contribution is 6.05. The van der Waals surface area contributed by atoms with Crippen LogP contribution in [0.1, 0.15) is 23.6 Å². The number of fused-ring (bicyclic) bond motifs is 3. The van der Waals surface area contributed by atoms with Gasteiger partial charge in [-0.3, -0.25) is 0 Å². The minimum atomic E-state index is -0.498. The standard InChI is InChI=1S/C23H17F3O2/c1-13-3-9-18-19-10-6-16(21(26)23(19)28-22(18)20(13)25)11-15-4-7-17(8-5-15)27-12-14(2)24/h3-10,12H,11H2,1-2H3/b14-12-. The first kappa shape index (κ1) is 18.2. The number of hydrogen-bond acceptors (Lipinski definition) is 2. The highest BCUT2D eigenvalue weighted by Crippen LogP contribution is 2.34. The summed E-state index contributed by atoms with van der Waals surface area (Å²) in [5.74, 6) is -0.915. The second-order valence-corrected chi connectivity index (χ2v) is 6.73. The van der Waals surface area contributed by atoms with Crippen molar-refractivity contribution in [3.05, 3.63) is 88.9 Å². The Balaban J connectivity index is 1.68. The van der Waals surface area contributed by atoms with Gasteiger partial charge >= 0.3 is 0 Å². The molecule has 0 aliphatic carbocycles. The summed E-state index contributed by atoms with van der Waals surface area (Å²) in [4.78, 5) is 0. The van der Waals surface area contributed by atoms with Gasteiger partial charge < -0.3 is 9.15 Å². The number of hydrogen-bond donors (Lipinski definition) is 0. The quantitative estimate of drug-likeness (QED) is 0.356. The van der Waals surface area contributed by atoms with E-state index in [1.165, 1.54) is 6.92 Å². The van der Waals surface area contributed by atoms with Crippen molar-refractivity contribution in [3.8, 4) is 5.75 Å². The topological polar surface area (TPSA) is 22.4 Å². The molecule has 0 unspecified atom stereocenters. The fourth-order valence-corrected chi connectivity index (χ4v) is 3.17. The zero-order valence-corrected chi connectivity index (χ0v) is 15.4. The Morgan fingerprint density at radius 3 is 2.25 bits per heavy atom. The molecule has 0 atom stereocenters. The lowest BCUT2D eigenvalue weighted by Crippen LogP contribution is -1.93. The van der Waals surface area contributed by atoms with Crippen molar-refractivity contribution in [2.24, 2.45) is 0 Å². The van der Waals surface area contributed by atoms with Gasteiger partial charge in [-0.05, 0) is 48.7 Å². The number of rotatable bonds is 4. The van der Waals surface area contributed by atoms with E-state index in [2.05, 4.69) is 0 Å². The molecular formula is C23H17F3O2. The summed E-state index contributed by atoms with van der Waals surface area (Å²) in [5, 5.41) is 1.11. The lowest BCUT2D eigenvalue weighted by molar-refractivity contribution is 0.451. The molecule has 1 heterocycles. The number of ether oxygens (including phenoxy) is 1. The molecule has 0 aliphatic heterocycles. The summed E-state index contributed by atoms with van der Waals surface area (Å²) < 4.78 is 52.7. The molecule has 0 fully saturated rings. The first-order valence-corrected chi connectivity index (χ1v) is 8.80. The minimum absolute atomic E-state index is 0.0560. The van der Waals surface area contributed by atoms with Gasteiger partial charge in [0.15, 0.2) is 22.8 Å². The fraction of sp³-hybridized carbons (Fsp3) is 0.130. The third-order valence-corrected chi connectivity index (χ3v) is 4.64. The zero-order chi connectivity index (χ0) is 19.8. The Labute approximate surface area is 159 Å². The maximum Gasteiger partial charge on any atom is 0.171 e. The Bertz CT molecular complexity index is 1200. The number of halogens is 3. The average molecular weight is 382 g/mol. The maximum atomic E-state index is 15.0. The van der Waals surface area contributed by atoms with Gasteiger partial charge in [0.1, 0.15) is 17.8 Å². The van der Waals surface area contributed by atoms with E-state index in [-0.39, 0.29) is 11.2 Å². The molecule has 2 nitrogen and oxygen atoms in total. The second-order valence-electron chi connectivity index (χ2n) is 6.73. The molecule has 5 heteroatoms. The van der Waals surface area contributed by atoms with E-state index in [0.29, 0.717) is 34.1 Å². The molecule has 0 bridgehead atoms. The lowest BCUT2D eigenvalue weighted by atomic mass is 10.0. The molecule has 0 radical (unpaired) electrons. The Morgan fingerprint density at radius 2 is 1.57 bits per heavy atom. The summed E-state index contributed by atoms with van der Waals surface area (Å²) >= 11 is 0. The molecule has 4 rings (SSSR count). The van der Waals surface area contributed by atoms with Crippen molar-refractivity contribution in [1.82, 2.24) is 0 Å². The molecule has 3 aromatic carbocycles. The smallest absolute Gasteiger partial charge is 0.171 e. The van der Waals surface area contributed by atoms with Crippen LogP contribution in [0.5, 0.6) is 5.75 Å². The van der Waals surface area contributed by atoms with Crippen LogP contribution in [-0.4, -0.2) is 0 Å². The molecule has 1 aromatic heterocycles. The van der Waals surface area contributed by atoms with E-state index in [0.717, 1.165) is 11.8 Å². The van der Waals surface area contributed by atoms with Crippen molar-refractivity contribution in [2.75, 3.05) is 0 Å². The van der Waals surface area contributed by atoms with Crippen molar-refractivity contribution in [3.63, 3.8) is 0 Å². The number of aryl methyl sites for hydroxylation is 1. The second kappa shape index (κ2) is 7.08. The summed E-state index contributed by atoms with van der Waals surface area (Å²) in [6.07, 6.45) is 1.35. The van der Waals surface area contributed by atoms with Crippen LogP contribution in [0.25, 0.3) is 21.9 Å². The zero-order valence-electron chi connectivity index (χ0n) is 15.4. The highest BCUT2D eigenvalue weighted by atomic mass is 19.1. The summed E-state index contributed by atoms with van der Waals surface area (Å²) in [6, 6.07) is 13.8.